The molecule has 99 heavy (non-hydrogen) atoms. The number of carboxylic acid groups (broad SMARTS) is 1. The van der Waals surface area contributed by atoms with Crippen LogP contribution in [0.5, 0.6) is 46.0 Å². The van der Waals surface area contributed by atoms with E-state index in [1.807, 2.05) is 13.8 Å². The molecule has 17 atom stereocenters. The Morgan fingerprint density at radius 3 is 1.91 bits per heavy atom. The number of aromatic hydroxyl groups is 3. The Bertz CT molecular complexity index is 4010. The van der Waals surface area contributed by atoms with Crippen molar-refractivity contribution < 1.29 is 118 Å². The quantitative estimate of drug-likeness (QED) is 0.0825. The van der Waals surface area contributed by atoms with Gasteiger partial charge in [0, 0.05) is 41.1 Å². The Hall–Kier alpha value is -9.16. The Kier molecular flexibility index (Phi) is 21.5. The number of nitrogens with two attached hydrogens (primary N) is 2. The number of phenols is 3. The normalized spacial score (nSPS) is 29.5. The molecule has 34 heteroatoms. The van der Waals surface area contributed by atoms with Gasteiger partial charge in [-0.3, -0.25) is 33.6 Å². The van der Waals surface area contributed by atoms with Crippen molar-refractivity contribution in [1.29, 1.82) is 0 Å². The lowest BCUT2D eigenvalue weighted by molar-refractivity contribution is -0.333. The molecular formula is C65H72Cl2N8O24. The van der Waals surface area contributed by atoms with Crippen molar-refractivity contribution in [1.82, 2.24) is 31.9 Å². The number of hydrogen-bond acceptors (Lipinski definition) is 24. The molecule has 7 aliphatic rings. The van der Waals surface area contributed by atoms with Gasteiger partial charge in [-0.1, -0.05) is 55.2 Å². The molecule has 0 saturated carbocycles. The lowest BCUT2D eigenvalue weighted by Gasteiger charge is -2.47. The van der Waals surface area contributed by atoms with Crippen LogP contribution in [-0.4, -0.2) is 178 Å². The Morgan fingerprint density at radius 2 is 1.31 bits per heavy atom. The number of nitrogens with one attached hydrogen (secondary N) is 6. The van der Waals surface area contributed by atoms with Crippen molar-refractivity contribution in [3.63, 3.8) is 0 Å². The number of rotatable bonds is 12. The molecule has 0 aromatic heterocycles. The molecule has 32 nitrogen and oxygen atoms in total. The number of benzene rings is 5. The number of carboxylic acids is 1. The third kappa shape index (κ3) is 15.5. The van der Waals surface area contributed by atoms with Crippen LogP contribution in [0.1, 0.15) is 112 Å². The van der Waals surface area contributed by atoms with Crippen molar-refractivity contribution in [2.75, 3.05) is 6.61 Å². The number of primary amides is 1. The number of ether oxygens (including phenoxy) is 6. The first-order valence-corrected chi connectivity index (χ1v) is 31.7. The van der Waals surface area contributed by atoms with Gasteiger partial charge in [-0.15, -0.1) is 0 Å². The SMILES string of the molecule is CC(C)CCC(=O)N[C@H]1C(=O)N[C@@H](CC(N)=O)C(=O)N[C@H]2C(=O)N[C@H]3C(=O)N[C@H](C(=O)N[C@H](C(=O)O)c4cc(O)cc(O)c4-c4cc3ccc4O)[C@H](O)c3ccc(c(Cl)c3)Oc3cc2cc(c3O[C@@H]2O[C@H](CO)[C@@H](O)[C@H](O)[C@H]2O[C@H]2C[C@](C)(N)[C@H](O)[C@H](C)O2)Oc2ccc(cc2Cl)[C@H]1O. The fourth-order valence-corrected chi connectivity index (χ4v) is 12.5. The summed E-state index contributed by atoms with van der Waals surface area (Å²) in [4.78, 5) is 116. The van der Waals surface area contributed by atoms with Crippen LogP contribution in [-0.2, 0) is 52.6 Å². The highest BCUT2D eigenvalue weighted by molar-refractivity contribution is 6.32. The number of carbonyl (C=O) groups excluding carboxylic acids is 7. The monoisotopic (exact) mass is 1420 g/mol. The standard InChI is InChI=1S/C65H72Cl2N8O24/c1-23(2)5-12-43(81)71-49-51(82)26-7-10-37(32(66)14-26)95-39-16-28-17-40(55(39)99-64-56(54(85)53(84)41(22-76)97-64)98-44-21-65(4,69)57(86)24(3)94-44)96-38-11-8-27(15-33(38)67)52(83)50-62(91)74-48(63(92)93)31-18-29(77)19-36(79)45(31)30-13-25(6-9-35(30)78)46(59(88)75-50)73-60(89)47(28)72-58(87)34(20-42(68)80)70-61(49)90/h6-11,13-19,23-24,34,41,44,46-54,56-57,64,76-79,82-86H,5,12,20-22,69H2,1-4H3,(H2,68,80)(H,70,90)(H,71,81)(H,72,87)(H,73,89)(H,74,91)(H,75,88)(H,92,93)/t24-,34-,41+,44-,46+,47+,48-,49+,50-,51+,52+,53+,54-,56+,57+,64-,65-/m0/s1. The van der Waals surface area contributed by atoms with E-state index in [4.69, 9.17) is 63.1 Å². The van der Waals surface area contributed by atoms with E-state index in [9.17, 15) is 75.0 Å². The Morgan fingerprint density at radius 1 is 0.707 bits per heavy atom. The third-order valence-electron chi connectivity index (χ3n) is 17.4. The van der Waals surface area contributed by atoms with Crippen molar-refractivity contribution in [2.24, 2.45) is 17.4 Å². The van der Waals surface area contributed by atoms with Gasteiger partial charge in [0.25, 0.3) is 0 Å². The minimum atomic E-state index is -2.33. The van der Waals surface area contributed by atoms with Gasteiger partial charge in [-0.25, -0.2) is 4.79 Å². The first-order chi connectivity index (χ1) is 46.7. The maximum atomic E-state index is 16.0. The van der Waals surface area contributed by atoms with Crippen molar-refractivity contribution in [2.45, 2.75) is 157 Å². The number of hydrogen-bond donors (Lipinski definition) is 18. The average Bonchev–Trinajstić information content (AvgIpc) is 0.770. The van der Waals surface area contributed by atoms with Crippen molar-refractivity contribution in [3.05, 3.63) is 117 Å². The van der Waals surface area contributed by atoms with Gasteiger partial charge in [0.15, 0.2) is 29.9 Å². The van der Waals surface area contributed by atoms with Crippen LogP contribution in [0.25, 0.3) is 11.1 Å². The number of aliphatic hydroxyl groups is 6. The minimum Gasteiger partial charge on any atom is -0.508 e. The molecule has 0 spiro atoms. The highest BCUT2D eigenvalue weighted by Crippen LogP contribution is 2.50. The van der Waals surface area contributed by atoms with E-state index in [1.54, 1.807) is 0 Å². The summed E-state index contributed by atoms with van der Waals surface area (Å²) in [6.45, 7) is 5.68. The molecule has 0 aliphatic carbocycles. The molecule has 7 aliphatic heterocycles. The summed E-state index contributed by atoms with van der Waals surface area (Å²) in [5, 5.41) is 127. The second kappa shape index (κ2) is 29.3. The molecule has 2 fully saturated rings. The predicted octanol–water partition coefficient (Wildman–Crippen LogP) is 0.908. The van der Waals surface area contributed by atoms with E-state index < -0.39 is 231 Å². The Balaban J connectivity index is 1.24. The predicted molar refractivity (Wildman–Crippen MR) is 341 cm³/mol. The Labute approximate surface area is 572 Å². The maximum absolute atomic E-state index is 16.0. The second-order valence-electron chi connectivity index (χ2n) is 25.2. The summed E-state index contributed by atoms with van der Waals surface area (Å²) < 4.78 is 38.2. The summed E-state index contributed by atoms with van der Waals surface area (Å²) >= 11 is 14.1. The van der Waals surface area contributed by atoms with E-state index in [-0.39, 0.29) is 46.2 Å². The topological polar surface area (TPSA) is 518 Å². The highest BCUT2D eigenvalue weighted by atomic mass is 35.5. The first-order valence-electron chi connectivity index (χ1n) is 31.0. The first kappa shape index (κ1) is 72.6. The van der Waals surface area contributed by atoms with Crippen LogP contribution in [0, 0.1) is 5.92 Å². The molecule has 7 amide bonds. The summed E-state index contributed by atoms with van der Waals surface area (Å²) in [7, 11) is 0. The third-order valence-corrected chi connectivity index (χ3v) is 18.0. The number of phenolic OH excluding ortho intramolecular Hbond substituents is 3. The number of aliphatic hydroxyl groups excluding tert-OH is 6. The molecule has 0 unspecified atom stereocenters. The number of aliphatic carboxylic acids is 1. The zero-order valence-electron chi connectivity index (χ0n) is 53.0. The summed E-state index contributed by atoms with van der Waals surface area (Å²) in [5.74, 6) is -15.7. The molecule has 5 aromatic rings. The maximum Gasteiger partial charge on any atom is 0.330 e. The summed E-state index contributed by atoms with van der Waals surface area (Å²) in [6, 6.07) is 0.434. The fraction of sp³-hybridized carbons (Fsp3) is 0.415. The molecule has 12 rings (SSSR count). The average molecular weight is 1420 g/mol. The lowest BCUT2D eigenvalue weighted by atomic mass is 9.86. The summed E-state index contributed by atoms with van der Waals surface area (Å²) in [5.41, 5.74) is 8.01. The molecule has 20 N–H and O–H groups in total. The largest absolute Gasteiger partial charge is 0.508 e. The van der Waals surface area contributed by atoms with Gasteiger partial charge in [-0.2, -0.15) is 0 Å². The smallest absolute Gasteiger partial charge is 0.330 e. The molecule has 7 heterocycles. The molecule has 11 bridgehead atoms. The molecule has 530 valence electrons. The second-order valence-corrected chi connectivity index (χ2v) is 26.0. The van der Waals surface area contributed by atoms with Crippen LogP contribution in [0.15, 0.2) is 78.9 Å². The van der Waals surface area contributed by atoms with Gasteiger partial charge >= 0.3 is 5.97 Å². The van der Waals surface area contributed by atoms with Crippen LogP contribution in [0.3, 0.4) is 0 Å². The van der Waals surface area contributed by atoms with Gasteiger partial charge in [0.05, 0.1) is 35.3 Å². The number of carbonyl (C=O) groups is 8. The van der Waals surface area contributed by atoms with Crippen LogP contribution in [0.4, 0.5) is 0 Å². The number of amides is 7. The minimum absolute atomic E-state index is 0.0165. The molecular weight excluding hydrogens is 1350 g/mol. The highest BCUT2D eigenvalue weighted by Gasteiger charge is 2.51. The zero-order valence-corrected chi connectivity index (χ0v) is 54.5. The van der Waals surface area contributed by atoms with Crippen LogP contribution >= 0.6 is 23.2 Å². The van der Waals surface area contributed by atoms with Gasteiger partial charge in [-0.05, 0) is 103 Å². The lowest BCUT2D eigenvalue weighted by Crippen LogP contribution is -2.64. The number of halogens is 2. The van der Waals surface area contributed by atoms with E-state index >= 15 is 14.4 Å². The van der Waals surface area contributed by atoms with Crippen molar-refractivity contribution >= 4 is 70.5 Å². The van der Waals surface area contributed by atoms with Gasteiger partial charge in [0.1, 0.15) is 89.5 Å². The van der Waals surface area contributed by atoms with Crippen LogP contribution in [0.2, 0.25) is 10.0 Å². The van der Waals surface area contributed by atoms with Crippen molar-refractivity contribution in [3.8, 4) is 57.1 Å². The van der Waals surface area contributed by atoms with E-state index in [2.05, 4.69) is 31.9 Å². The van der Waals surface area contributed by atoms with Gasteiger partial charge in [0.2, 0.25) is 53.4 Å². The van der Waals surface area contributed by atoms with E-state index in [0.29, 0.717) is 6.42 Å². The van der Waals surface area contributed by atoms with E-state index in [0.717, 1.165) is 66.7 Å². The molecule has 2 saturated heterocycles. The van der Waals surface area contributed by atoms with E-state index in [1.165, 1.54) is 26.0 Å². The number of fused-ring (bicyclic) bond motifs is 15. The van der Waals surface area contributed by atoms with Gasteiger partial charge < -0.3 is 123 Å². The summed E-state index contributed by atoms with van der Waals surface area (Å²) in [6.07, 6.45) is -18.5. The zero-order chi connectivity index (χ0) is 72.0. The van der Waals surface area contributed by atoms with Crippen LogP contribution < -0.4 is 57.6 Å². The molecule has 5 aromatic carbocycles. The molecule has 0 radical (unpaired) electrons. The fourth-order valence-electron chi connectivity index (χ4n) is 12.1.